The van der Waals surface area contributed by atoms with Crippen LogP contribution in [0.1, 0.15) is 17.2 Å². The molecule has 1 aliphatic heterocycles. The monoisotopic (exact) mass is 310 g/mol. The van der Waals surface area contributed by atoms with Gasteiger partial charge in [0, 0.05) is 31.7 Å². The van der Waals surface area contributed by atoms with Gasteiger partial charge in [-0.2, -0.15) is 13.2 Å². The molecule has 0 spiro atoms. The Balaban J connectivity index is 2.50. The second-order valence-electron chi connectivity index (χ2n) is 4.81. The van der Waals surface area contributed by atoms with Crippen LogP contribution in [-0.4, -0.2) is 42.9 Å². The zero-order valence-electron chi connectivity index (χ0n) is 11.1. The molecule has 2 N–H and O–H groups in total. The van der Waals surface area contributed by atoms with E-state index in [1.165, 1.54) is 4.90 Å². The molecule has 21 heavy (non-hydrogen) atoms. The van der Waals surface area contributed by atoms with E-state index in [9.17, 15) is 27.1 Å². The maximum absolute atomic E-state index is 13.4. The smallest absolute Gasteiger partial charge is 0.416 e. The highest BCUT2D eigenvalue weighted by Crippen LogP contribution is 2.42. The van der Waals surface area contributed by atoms with Crippen molar-refractivity contribution in [2.24, 2.45) is 0 Å². The average Bonchev–Trinajstić information content (AvgIpc) is 2.44. The van der Waals surface area contributed by atoms with Gasteiger partial charge in [0.15, 0.2) is 11.6 Å². The fraction of sp³-hybridized carbons (Fsp3) is 0.538. The van der Waals surface area contributed by atoms with Gasteiger partial charge in [0.25, 0.3) is 0 Å². The fourth-order valence-electron chi connectivity index (χ4n) is 2.52. The van der Waals surface area contributed by atoms with Crippen molar-refractivity contribution in [3.63, 3.8) is 0 Å². The number of nitrogens with one attached hydrogen (secondary N) is 1. The Labute approximate surface area is 118 Å². The molecule has 8 heteroatoms. The minimum absolute atomic E-state index is 0.321. The lowest BCUT2D eigenvalue weighted by atomic mass is 9.97. The molecule has 0 aromatic heterocycles. The summed E-state index contributed by atoms with van der Waals surface area (Å²) in [6, 6.07) is -0.247. The van der Waals surface area contributed by atoms with Gasteiger partial charge in [0.1, 0.15) is 6.67 Å². The van der Waals surface area contributed by atoms with Crippen molar-refractivity contribution in [3.8, 4) is 5.75 Å². The molecule has 0 aliphatic carbocycles. The molecule has 1 atom stereocenters. The SMILES string of the molecule is Oc1c(F)ccc(C(F)(F)F)c1[C@@H](CF)N1CCNCC1. The first-order chi connectivity index (χ1) is 9.86. The molecule has 118 valence electrons. The minimum atomic E-state index is -4.79. The molecule has 0 bridgehead atoms. The Kier molecular flexibility index (Phi) is 4.67. The molecule has 1 heterocycles. The van der Waals surface area contributed by atoms with E-state index in [1.54, 1.807) is 0 Å². The number of phenolic OH excluding ortho intramolecular Hbond substituents is 1. The zero-order valence-corrected chi connectivity index (χ0v) is 11.1. The largest absolute Gasteiger partial charge is 0.505 e. The topological polar surface area (TPSA) is 35.5 Å². The van der Waals surface area contributed by atoms with Crippen LogP contribution in [0.5, 0.6) is 5.75 Å². The molecule has 1 saturated heterocycles. The first-order valence-corrected chi connectivity index (χ1v) is 6.45. The van der Waals surface area contributed by atoms with Crippen molar-refractivity contribution >= 4 is 0 Å². The van der Waals surface area contributed by atoms with Crippen molar-refractivity contribution in [2.45, 2.75) is 12.2 Å². The van der Waals surface area contributed by atoms with Crippen LogP contribution in [0.3, 0.4) is 0 Å². The quantitative estimate of drug-likeness (QED) is 0.842. The average molecular weight is 310 g/mol. The number of hydrogen-bond donors (Lipinski definition) is 2. The maximum atomic E-state index is 13.4. The summed E-state index contributed by atoms with van der Waals surface area (Å²) in [4.78, 5) is 1.47. The van der Waals surface area contributed by atoms with Crippen LogP contribution in [0.4, 0.5) is 22.0 Å². The summed E-state index contributed by atoms with van der Waals surface area (Å²) in [5.41, 5.74) is -1.94. The molecular formula is C13H15F5N2O. The predicted octanol–water partition coefficient (Wildman–Crippen LogP) is 2.47. The van der Waals surface area contributed by atoms with Crippen LogP contribution < -0.4 is 5.32 Å². The van der Waals surface area contributed by atoms with Gasteiger partial charge in [0.2, 0.25) is 0 Å². The number of benzene rings is 1. The Hall–Kier alpha value is -1.41. The number of nitrogens with zero attached hydrogens (tertiary/aromatic N) is 1. The molecule has 0 unspecified atom stereocenters. The summed E-state index contributed by atoms with van der Waals surface area (Å²) in [5.74, 6) is -2.32. The molecule has 1 aromatic carbocycles. The molecule has 1 fully saturated rings. The van der Waals surface area contributed by atoms with Crippen LogP contribution in [0.2, 0.25) is 0 Å². The van der Waals surface area contributed by atoms with Crippen LogP contribution in [-0.2, 0) is 6.18 Å². The van der Waals surface area contributed by atoms with Crippen LogP contribution in [0, 0.1) is 5.82 Å². The van der Waals surface area contributed by atoms with E-state index in [0.717, 1.165) is 0 Å². The third-order valence-corrected chi connectivity index (χ3v) is 3.54. The van der Waals surface area contributed by atoms with Crippen molar-refractivity contribution in [3.05, 3.63) is 29.1 Å². The summed E-state index contributed by atoms with van der Waals surface area (Å²) >= 11 is 0. The van der Waals surface area contributed by atoms with Crippen molar-refractivity contribution in [1.82, 2.24) is 10.2 Å². The van der Waals surface area contributed by atoms with Gasteiger partial charge in [0.05, 0.1) is 11.6 Å². The van der Waals surface area contributed by atoms with E-state index in [-0.39, 0.29) is 0 Å². The molecule has 0 amide bonds. The van der Waals surface area contributed by atoms with Gasteiger partial charge in [-0.1, -0.05) is 0 Å². The number of halogens is 5. The highest BCUT2D eigenvalue weighted by atomic mass is 19.4. The first-order valence-electron chi connectivity index (χ1n) is 6.45. The molecule has 3 nitrogen and oxygen atoms in total. The summed E-state index contributed by atoms with van der Waals surface area (Å²) in [6.07, 6.45) is -4.79. The van der Waals surface area contributed by atoms with Crippen LogP contribution >= 0.6 is 0 Å². The standard InChI is InChI=1S/C13H15F5N2O/c14-7-10(20-5-3-19-4-6-20)11-8(13(16,17)18)1-2-9(15)12(11)21/h1-2,10,19,21H,3-7H2/t10-/m1/s1. The predicted molar refractivity (Wildman–Crippen MR) is 66.2 cm³/mol. The van der Waals surface area contributed by atoms with E-state index in [4.69, 9.17) is 0 Å². The Morgan fingerprint density at radius 1 is 1.24 bits per heavy atom. The van der Waals surface area contributed by atoms with Crippen LogP contribution in [0.25, 0.3) is 0 Å². The second-order valence-corrected chi connectivity index (χ2v) is 4.81. The first kappa shape index (κ1) is 16.0. The molecule has 2 rings (SSSR count). The summed E-state index contributed by atoms with van der Waals surface area (Å²) < 4.78 is 65.9. The summed E-state index contributed by atoms with van der Waals surface area (Å²) in [7, 11) is 0. The lowest BCUT2D eigenvalue weighted by Crippen LogP contribution is -2.46. The lowest BCUT2D eigenvalue weighted by Gasteiger charge is -2.35. The van der Waals surface area contributed by atoms with E-state index in [1.807, 2.05) is 0 Å². The summed E-state index contributed by atoms with van der Waals surface area (Å²) in [5, 5.41) is 12.7. The number of phenols is 1. The van der Waals surface area contributed by atoms with Gasteiger partial charge in [-0.25, -0.2) is 8.78 Å². The molecule has 0 radical (unpaired) electrons. The van der Waals surface area contributed by atoms with Crippen LogP contribution in [0.15, 0.2) is 12.1 Å². The molecular weight excluding hydrogens is 295 g/mol. The number of hydrogen-bond acceptors (Lipinski definition) is 3. The van der Waals surface area contributed by atoms with Gasteiger partial charge in [-0.05, 0) is 12.1 Å². The number of aromatic hydroxyl groups is 1. The highest BCUT2D eigenvalue weighted by Gasteiger charge is 2.39. The molecule has 0 saturated carbocycles. The Morgan fingerprint density at radius 2 is 1.86 bits per heavy atom. The lowest BCUT2D eigenvalue weighted by molar-refractivity contribution is -0.139. The van der Waals surface area contributed by atoms with Crippen molar-refractivity contribution in [2.75, 3.05) is 32.9 Å². The zero-order chi connectivity index (χ0) is 15.6. The Bertz CT molecular complexity index is 500. The van der Waals surface area contributed by atoms with Gasteiger partial charge >= 0.3 is 6.18 Å². The van der Waals surface area contributed by atoms with E-state index in [0.29, 0.717) is 38.3 Å². The van der Waals surface area contributed by atoms with Crippen molar-refractivity contribution < 1.29 is 27.1 Å². The fourth-order valence-corrected chi connectivity index (χ4v) is 2.52. The van der Waals surface area contributed by atoms with Gasteiger partial charge in [-0.15, -0.1) is 0 Å². The summed E-state index contributed by atoms with van der Waals surface area (Å²) in [6.45, 7) is 0.492. The Morgan fingerprint density at radius 3 is 2.38 bits per heavy atom. The normalized spacial score (nSPS) is 18.7. The van der Waals surface area contributed by atoms with Gasteiger partial charge in [-0.3, -0.25) is 4.90 Å². The second kappa shape index (κ2) is 6.15. The van der Waals surface area contributed by atoms with Crippen molar-refractivity contribution in [1.29, 1.82) is 0 Å². The van der Waals surface area contributed by atoms with Gasteiger partial charge < -0.3 is 10.4 Å². The molecule has 1 aliphatic rings. The minimum Gasteiger partial charge on any atom is -0.505 e. The highest BCUT2D eigenvalue weighted by molar-refractivity contribution is 5.44. The number of alkyl halides is 4. The maximum Gasteiger partial charge on any atom is 0.416 e. The molecule has 1 aromatic rings. The third-order valence-electron chi connectivity index (χ3n) is 3.54. The van der Waals surface area contributed by atoms with E-state index in [2.05, 4.69) is 5.32 Å². The third kappa shape index (κ3) is 3.26. The number of rotatable bonds is 3. The number of piperazine rings is 1. The van der Waals surface area contributed by atoms with E-state index < -0.39 is 41.6 Å². The van der Waals surface area contributed by atoms with E-state index >= 15 is 0 Å².